The average molecular weight is 225 g/mol. The summed E-state index contributed by atoms with van der Waals surface area (Å²) in [6, 6.07) is -0.0893. The molecule has 2 amide bonds. The minimum absolute atomic E-state index is 0.0893. The molecule has 0 aliphatic carbocycles. The van der Waals surface area contributed by atoms with Gasteiger partial charge in [-0.05, 0) is 31.8 Å². The van der Waals surface area contributed by atoms with Crippen molar-refractivity contribution in [1.29, 1.82) is 0 Å². The van der Waals surface area contributed by atoms with Crippen LogP contribution < -0.4 is 10.6 Å². The molecule has 1 atom stereocenters. The van der Waals surface area contributed by atoms with Gasteiger partial charge in [-0.3, -0.25) is 0 Å². The molecule has 2 N–H and O–H groups in total. The van der Waals surface area contributed by atoms with E-state index in [1.807, 2.05) is 0 Å². The molecular formula is C12H23N3O. The minimum atomic E-state index is -0.0893. The van der Waals surface area contributed by atoms with E-state index in [0.29, 0.717) is 12.5 Å². The Hall–Kier alpha value is -1.03. The van der Waals surface area contributed by atoms with Gasteiger partial charge in [0.25, 0.3) is 0 Å². The topological polar surface area (TPSA) is 44.4 Å². The quantitative estimate of drug-likeness (QED) is 0.691. The Kier molecular flexibility index (Phi) is 5.93. The normalized spacial score (nSPS) is 21.4. The molecule has 1 aliphatic heterocycles. The summed E-state index contributed by atoms with van der Waals surface area (Å²) in [4.78, 5) is 13.8. The summed E-state index contributed by atoms with van der Waals surface area (Å²) >= 11 is 0. The monoisotopic (exact) mass is 225 g/mol. The standard InChI is InChI=1S/C12H23N3O/c1-3-7-13-12(16)14-9-11-6-5-8-15(4-2)10-11/h3,11H,1,4-10H2,2H3,(H2,13,14,16). The molecule has 92 valence electrons. The molecule has 0 aromatic rings. The molecule has 1 unspecified atom stereocenters. The molecule has 0 spiro atoms. The molecule has 1 saturated heterocycles. The van der Waals surface area contributed by atoms with Crippen LogP contribution in [-0.4, -0.2) is 43.7 Å². The first-order valence-electron chi connectivity index (χ1n) is 6.11. The smallest absolute Gasteiger partial charge is 0.315 e. The van der Waals surface area contributed by atoms with E-state index in [1.165, 1.54) is 19.4 Å². The number of piperidine rings is 1. The number of rotatable bonds is 5. The fraction of sp³-hybridized carbons (Fsp3) is 0.750. The maximum absolute atomic E-state index is 11.3. The van der Waals surface area contributed by atoms with Crippen molar-refractivity contribution in [2.24, 2.45) is 5.92 Å². The third-order valence-corrected chi connectivity index (χ3v) is 3.01. The lowest BCUT2D eigenvalue weighted by Crippen LogP contribution is -2.43. The highest BCUT2D eigenvalue weighted by atomic mass is 16.2. The number of hydrogen-bond donors (Lipinski definition) is 2. The summed E-state index contributed by atoms with van der Waals surface area (Å²) in [7, 11) is 0. The zero-order valence-electron chi connectivity index (χ0n) is 10.2. The third kappa shape index (κ3) is 4.66. The predicted octanol–water partition coefficient (Wildman–Crippen LogP) is 1.20. The molecule has 0 saturated carbocycles. The van der Waals surface area contributed by atoms with Crippen LogP contribution in [0.5, 0.6) is 0 Å². The van der Waals surface area contributed by atoms with Crippen LogP contribution in [0.25, 0.3) is 0 Å². The molecule has 4 heteroatoms. The molecule has 1 aliphatic rings. The van der Waals surface area contributed by atoms with E-state index in [0.717, 1.165) is 19.6 Å². The van der Waals surface area contributed by atoms with Crippen LogP contribution in [0.15, 0.2) is 12.7 Å². The number of likely N-dealkylation sites (tertiary alicyclic amines) is 1. The van der Waals surface area contributed by atoms with Crippen molar-refractivity contribution in [3.8, 4) is 0 Å². The second-order valence-corrected chi connectivity index (χ2v) is 4.28. The van der Waals surface area contributed by atoms with Gasteiger partial charge in [0, 0.05) is 19.6 Å². The lowest BCUT2D eigenvalue weighted by molar-refractivity contribution is 0.179. The highest BCUT2D eigenvalue weighted by Gasteiger charge is 2.18. The number of urea groups is 1. The Morgan fingerprint density at radius 1 is 1.56 bits per heavy atom. The van der Waals surface area contributed by atoms with Crippen LogP contribution in [0.1, 0.15) is 19.8 Å². The number of carbonyl (C=O) groups is 1. The van der Waals surface area contributed by atoms with Crippen LogP contribution in [0.3, 0.4) is 0 Å². The van der Waals surface area contributed by atoms with E-state index in [4.69, 9.17) is 0 Å². The Balaban J connectivity index is 2.16. The van der Waals surface area contributed by atoms with E-state index in [2.05, 4.69) is 29.0 Å². The first-order valence-corrected chi connectivity index (χ1v) is 6.11. The number of nitrogens with zero attached hydrogens (tertiary/aromatic N) is 1. The fourth-order valence-corrected chi connectivity index (χ4v) is 2.07. The number of carbonyl (C=O) groups excluding carboxylic acids is 1. The summed E-state index contributed by atoms with van der Waals surface area (Å²) in [5.74, 6) is 0.600. The summed E-state index contributed by atoms with van der Waals surface area (Å²) in [5.41, 5.74) is 0. The molecule has 0 aromatic carbocycles. The van der Waals surface area contributed by atoms with E-state index < -0.39 is 0 Å². The van der Waals surface area contributed by atoms with Crippen molar-refractivity contribution in [2.75, 3.05) is 32.7 Å². The van der Waals surface area contributed by atoms with Crippen LogP contribution in [0.4, 0.5) is 4.79 Å². The van der Waals surface area contributed by atoms with Crippen molar-refractivity contribution in [3.05, 3.63) is 12.7 Å². The molecule has 4 nitrogen and oxygen atoms in total. The van der Waals surface area contributed by atoms with Gasteiger partial charge < -0.3 is 15.5 Å². The van der Waals surface area contributed by atoms with Crippen LogP contribution in [0, 0.1) is 5.92 Å². The molecular weight excluding hydrogens is 202 g/mol. The minimum Gasteiger partial charge on any atom is -0.338 e. The average Bonchev–Trinajstić information content (AvgIpc) is 2.34. The van der Waals surface area contributed by atoms with Crippen molar-refractivity contribution in [2.45, 2.75) is 19.8 Å². The van der Waals surface area contributed by atoms with Gasteiger partial charge in [-0.2, -0.15) is 0 Å². The summed E-state index contributed by atoms with van der Waals surface area (Å²) in [6.07, 6.45) is 4.14. The molecule has 0 bridgehead atoms. The Morgan fingerprint density at radius 3 is 3.06 bits per heavy atom. The highest BCUT2D eigenvalue weighted by molar-refractivity contribution is 5.73. The van der Waals surface area contributed by atoms with E-state index in [1.54, 1.807) is 6.08 Å². The number of nitrogens with one attached hydrogen (secondary N) is 2. The zero-order valence-corrected chi connectivity index (χ0v) is 10.2. The van der Waals surface area contributed by atoms with Crippen molar-refractivity contribution >= 4 is 6.03 Å². The van der Waals surface area contributed by atoms with Gasteiger partial charge in [0.05, 0.1) is 0 Å². The number of amides is 2. The number of hydrogen-bond acceptors (Lipinski definition) is 2. The second-order valence-electron chi connectivity index (χ2n) is 4.28. The fourth-order valence-electron chi connectivity index (χ4n) is 2.07. The SMILES string of the molecule is C=CCNC(=O)NCC1CCCN(CC)C1. The van der Waals surface area contributed by atoms with Gasteiger partial charge in [-0.15, -0.1) is 6.58 Å². The highest BCUT2D eigenvalue weighted by Crippen LogP contribution is 2.14. The maximum Gasteiger partial charge on any atom is 0.315 e. The van der Waals surface area contributed by atoms with Crippen molar-refractivity contribution in [1.82, 2.24) is 15.5 Å². The summed E-state index contributed by atoms with van der Waals surface area (Å²) < 4.78 is 0. The van der Waals surface area contributed by atoms with Crippen molar-refractivity contribution in [3.63, 3.8) is 0 Å². The predicted molar refractivity (Wildman–Crippen MR) is 66.4 cm³/mol. The second kappa shape index (κ2) is 7.28. The lowest BCUT2D eigenvalue weighted by atomic mass is 9.98. The van der Waals surface area contributed by atoms with E-state index in [9.17, 15) is 4.79 Å². The van der Waals surface area contributed by atoms with Crippen LogP contribution in [0.2, 0.25) is 0 Å². The van der Waals surface area contributed by atoms with E-state index in [-0.39, 0.29) is 6.03 Å². The van der Waals surface area contributed by atoms with Crippen molar-refractivity contribution < 1.29 is 4.79 Å². The van der Waals surface area contributed by atoms with Gasteiger partial charge in [-0.1, -0.05) is 13.0 Å². The largest absolute Gasteiger partial charge is 0.338 e. The first kappa shape index (κ1) is 13.0. The maximum atomic E-state index is 11.3. The molecule has 1 heterocycles. The lowest BCUT2D eigenvalue weighted by Gasteiger charge is -2.31. The van der Waals surface area contributed by atoms with Gasteiger partial charge in [-0.25, -0.2) is 4.79 Å². The van der Waals surface area contributed by atoms with Gasteiger partial charge in [0.15, 0.2) is 0 Å². The molecule has 0 aromatic heterocycles. The Labute approximate surface area is 98.1 Å². The molecule has 1 fully saturated rings. The molecule has 1 rings (SSSR count). The summed E-state index contributed by atoms with van der Waals surface area (Å²) in [6.45, 7) is 10.5. The molecule has 0 radical (unpaired) electrons. The van der Waals surface area contributed by atoms with Gasteiger partial charge >= 0.3 is 6.03 Å². The third-order valence-electron chi connectivity index (χ3n) is 3.01. The van der Waals surface area contributed by atoms with Crippen LogP contribution >= 0.6 is 0 Å². The van der Waals surface area contributed by atoms with Gasteiger partial charge in [0.2, 0.25) is 0 Å². The van der Waals surface area contributed by atoms with Crippen LogP contribution in [-0.2, 0) is 0 Å². The Bertz CT molecular complexity index is 230. The zero-order chi connectivity index (χ0) is 11.8. The first-order chi connectivity index (χ1) is 7.76. The summed E-state index contributed by atoms with van der Waals surface area (Å²) in [5, 5.41) is 5.62. The van der Waals surface area contributed by atoms with E-state index >= 15 is 0 Å². The van der Waals surface area contributed by atoms with Gasteiger partial charge in [0.1, 0.15) is 0 Å². The molecule has 16 heavy (non-hydrogen) atoms. The Morgan fingerprint density at radius 2 is 2.38 bits per heavy atom.